The van der Waals surface area contributed by atoms with Crippen LogP contribution in [0.2, 0.25) is 0 Å². The van der Waals surface area contributed by atoms with Crippen molar-refractivity contribution in [2.24, 2.45) is 0 Å². The Kier molecular flexibility index (Phi) is 6.92. The third-order valence-corrected chi connectivity index (χ3v) is 6.50. The molecule has 2 aromatic carbocycles. The van der Waals surface area contributed by atoms with Crippen LogP contribution in [0.3, 0.4) is 0 Å². The molecule has 146 valence electrons. The number of carbonyl (C=O) groups excluding carboxylic acids is 1. The van der Waals surface area contributed by atoms with E-state index >= 15 is 0 Å². The molecule has 0 saturated heterocycles. The van der Waals surface area contributed by atoms with Crippen molar-refractivity contribution in [3.8, 4) is 0 Å². The first-order chi connectivity index (χ1) is 13.4. The number of hydrogen-bond donors (Lipinski definition) is 1. The number of amides is 1. The van der Waals surface area contributed by atoms with Crippen LogP contribution in [0.15, 0.2) is 52.7 Å². The van der Waals surface area contributed by atoms with Gasteiger partial charge in [-0.2, -0.15) is 0 Å². The number of aromatic nitrogens is 1. The number of carbonyl (C=O) groups is 1. The van der Waals surface area contributed by atoms with Crippen molar-refractivity contribution in [1.82, 2.24) is 10.3 Å². The zero-order chi connectivity index (χ0) is 20.1. The molecule has 28 heavy (non-hydrogen) atoms. The Hall–Kier alpha value is -2.11. The van der Waals surface area contributed by atoms with Crippen molar-refractivity contribution in [2.75, 3.05) is 0 Å². The van der Waals surface area contributed by atoms with Crippen LogP contribution in [0.5, 0.6) is 0 Å². The molecule has 0 bridgehead atoms. The van der Waals surface area contributed by atoms with Crippen molar-refractivity contribution < 1.29 is 4.79 Å². The van der Waals surface area contributed by atoms with Gasteiger partial charge in [0.25, 0.3) is 5.91 Å². The van der Waals surface area contributed by atoms with Gasteiger partial charge >= 0.3 is 0 Å². The van der Waals surface area contributed by atoms with Crippen LogP contribution in [0.25, 0.3) is 0 Å². The zero-order valence-electron chi connectivity index (χ0n) is 16.8. The van der Waals surface area contributed by atoms with E-state index in [0.717, 1.165) is 33.3 Å². The Labute approximate surface area is 175 Å². The van der Waals surface area contributed by atoms with Gasteiger partial charge < -0.3 is 5.32 Å². The first-order valence-electron chi connectivity index (χ1n) is 9.42. The molecule has 1 unspecified atom stereocenters. The van der Waals surface area contributed by atoms with Crippen LogP contribution in [0.4, 0.5) is 0 Å². The van der Waals surface area contributed by atoms with Gasteiger partial charge in [-0.15, -0.1) is 23.1 Å². The summed E-state index contributed by atoms with van der Waals surface area (Å²) >= 11 is 3.32. The van der Waals surface area contributed by atoms with Crippen LogP contribution in [0, 0.1) is 20.8 Å². The maximum atomic E-state index is 12.9. The maximum absolute atomic E-state index is 12.9. The van der Waals surface area contributed by atoms with Gasteiger partial charge in [-0.05, 0) is 57.4 Å². The first kappa shape index (κ1) is 20.6. The lowest BCUT2D eigenvalue weighted by Crippen LogP contribution is -2.34. The van der Waals surface area contributed by atoms with Gasteiger partial charge in [0.15, 0.2) is 0 Å². The highest BCUT2D eigenvalue weighted by Gasteiger charge is 2.15. The monoisotopic (exact) mass is 410 g/mol. The molecule has 3 nitrogen and oxygen atoms in total. The van der Waals surface area contributed by atoms with E-state index in [1.807, 2.05) is 31.2 Å². The summed E-state index contributed by atoms with van der Waals surface area (Å²) in [6.45, 7) is 8.30. The number of hydrogen-bond acceptors (Lipinski definition) is 4. The second-order valence-corrected chi connectivity index (χ2v) is 9.23. The summed E-state index contributed by atoms with van der Waals surface area (Å²) in [5.74, 6) is 0.752. The van der Waals surface area contributed by atoms with Crippen molar-refractivity contribution in [2.45, 2.75) is 50.8 Å². The number of nitrogens with zero attached hydrogens (tertiary/aromatic N) is 1. The Morgan fingerprint density at radius 3 is 2.68 bits per heavy atom. The summed E-state index contributed by atoms with van der Waals surface area (Å²) in [4.78, 5) is 18.4. The minimum atomic E-state index is -0.0187. The van der Waals surface area contributed by atoms with Crippen molar-refractivity contribution in [1.29, 1.82) is 0 Å². The van der Waals surface area contributed by atoms with Gasteiger partial charge in [0.05, 0.1) is 16.3 Å². The van der Waals surface area contributed by atoms with E-state index in [2.05, 4.69) is 54.7 Å². The summed E-state index contributed by atoms with van der Waals surface area (Å²) in [6.07, 6.45) is 0.825. The molecular weight excluding hydrogens is 384 g/mol. The third kappa shape index (κ3) is 5.46. The SMILES string of the molecule is Cc1ccc(CC(C)NC(=O)c2ccccc2SCc2csc(C)n2)c(C)c1. The topological polar surface area (TPSA) is 42.0 Å². The van der Waals surface area contributed by atoms with Gasteiger partial charge in [-0.25, -0.2) is 4.98 Å². The average Bonchev–Trinajstić information content (AvgIpc) is 3.08. The van der Waals surface area contributed by atoms with Crippen LogP contribution in [-0.4, -0.2) is 16.9 Å². The predicted octanol–water partition coefficient (Wildman–Crippen LogP) is 5.72. The molecule has 0 aliphatic heterocycles. The number of thioether (sulfide) groups is 1. The number of aryl methyl sites for hydroxylation is 3. The Balaban J connectivity index is 1.65. The Morgan fingerprint density at radius 1 is 1.18 bits per heavy atom. The van der Waals surface area contributed by atoms with Gasteiger partial charge in [0, 0.05) is 22.1 Å². The largest absolute Gasteiger partial charge is 0.349 e. The highest BCUT2D eigenvalue weighted by atomic mass is 32.2. The molecular formula is C23H26N2OS2. The molecule has 1 heterocycles. The highest BCUT2D eigenvalue weighted by Crippen LogP contribution is 2.27. The van der Waals surface area contributed by atoms with Crippen LogP contribution >= 0.6 is 23.1 Å². The average molecular weight is 411 g/mol. The third-order valence-electron chi connectivity index (χ3n) is 4.58. The quantitative estimate of drug-likeness (QED) is 0.506. The minimum Gasteiger partial charge on any atom is -0.349 e. The van der Waals surface area contributed by atoms with Crippen molar-refractivity contribution >= 4 is 29.0 Å². The maximum Gasteiger partial charge on any atom is 0.252 e. The molecule has 0 fully saturated rings. The summed E-state index contributed by atoms with van der Waals surface area (Å²) in [6, 6.07) is 14.3. The molecule has 0 saturated carbocycles. The van der Waals surface area contributed by atoms with Gasteiger partial charge in [0.1, 0.15) is 0 Å². The Morgan fingerprint density at radius 2 is 1.96 bits per heavy atom. The van der Waals surface area contributed by atoms with E-state index < -0.39 is 0 Å². The first-order valence-corrected chi connectivity index (χ1v) is 11.3. The molecule has 0 spiro atoms. The lowest BCUT2D eigenvalue weighted by Gasteiger charge is -2.17. The predicted molar refractivity (Wildman–Crippen MR) is 119 cm³/mol. The molecule has 1 aromatic heterocycles. The van der Waals surface area contributed by atoms with Crippen LogP contribution < -0.4 is 5.32 Å². The van der Waals surface area contributed by atoms with E-state index in [9.17, 15) is 4.79 Å². The molecule has 3 aromatic rings. The second-order valence-electron chi connectivity index (χ2n) is 7.15. The van der Waals surface area contributed by atoms with Crippen LogP contribution in [-0.2, 0) is 12.2 Å². The summed E-state index contributed by atoms with van der Waals surface area (Å²) in [5.41, 5.74) is 5.60. The molecule has 1 amide bonds. The van der Waals surface area contributed by atoms with Gasteiger partial charge in [0.2, 0.25) is 0 Å². The number of benzene rings is 2. The molecule has 0 aliphatic rings. The summed E-state index contributed by atoms with van der Waals surface area (Å²) < 4.78 is 0. The van der Waals surface area contributed by atoms with E-state index in [4.69, 9.17) is 0 Å². The fourth-order valence-electron chi connectivity index (χ4n) is 3.16. The van der Waals surface area contributed by atoms with E-state index in [1.54, 1.807) is 23.1 Å². The molecule has 0 aliphatic carbocycles. The molecule has 1 atom stereocenters. The lowest BCUT2D eigenvalue weighted by atomic mass is 10.00. The lowest BCUT2D eigenvalue weighted by molar-refractivity contribution is 0.0937. The summed E-state index contributed by atoms with van der Waals surface area (Å²) in [7, 11) is 0. The molecule has 3 rings (SSSR count). The van der Waals surface area contributed by atoms with Crippen molar-refractivity contribution in [3.63, 3.8) is 0 Å². The number of nitrogens with one attached hydrogen (secondary N) is 1. The standard InChI is InChI=1S/C23H26N2OS2/c1-15-9-10-19(16(2)11-15)12-17(3)24-23(26)21-7-5-6-8-22(21)28-14-20-13-27-18(4)25-20/h5-11,13,17H,12,14H2,1-4H3,(H,24,26). The fourth-order valence-corrected chi connectivity index (χ4v) is 4.82. The molecule has 0 radical (unpaired) electrons. The molecule has 1 N–H and O–H groups in total. The second kappa shape index (κ2) is 9.39. The smallest absolute Gasteiger partial charge is 0.252 e. The van der Waals surface area contributed by atoms with E-state index in [-0.39, 0.29) is 11.9 Å². The number of thiazole rings is 1. The van der Waals surface area contributed by atoms with E-state index in [0.29, 0.717) is 0 Å². The van der Waals surface area contributed by atoms with E-state index in [1.165, 1.54) is 16.7 Å². The van der Waals surface area contributed by atoms with Crippen molar-refractivity contribution in [3.05, 3.63) is 80.8 Å². The fraction of sp³-hybridized carbons (Fsp3) is 0.304. The molecule has 5 heteroatoms. The zero-order valence-corrected chi connectivity index (χ0v) is 18.4. The van der Waals surface area contributed by atoms with Gasteiger partial charge in [-0.1, -0.05) is 35.9 Å². The normalized spacial score (nSPS) is 12.0. The summed E-state index contributed by atoms with van der Waals surface area (Å²) in [5, 5.41) is 6.31. The number of rotatable bonds is 7. The Bertz CT molecular complexity index is 965. The highest BCUT2D eigenvalue weighted by molar-refractivity contribution is 7.98. The minimum absolute atomic E-state index is 0.0187. The van der Waals surface area contributed by atoms with Crippen LogP contribution in [0.1, 0.15) is 44.7 Å². The van der Waals surface area contributed by atoms with Gasteiger partial charge in [-0.3, -0.25) is 4.79 Å².